The van der Waals surface area contributed by atoms with Crippen LogP contribution in [0.2, 0.25) is 0 Å². The van der Waals surface area contributed by atoms with Crippen molar-refractivity contribution in [1.29, 1.82) is 0 Å². The molecule has 194 valence electrons. The van der Waals surface area contributed by atoms with Gasteiger partial charge in [0, 0.05) is 37.2 Å². The Kier molecular flexibility index (Phi) is 5.10. The van der Waals surface area contributed by atoms with Crippen molar-refractivity contribution in [3.63, 3.8) is 0 Å². The molecule has 35 heavy (non-hydrogen) atoms. The Bertz CT molecular complexity index is 1010. The molecule has 4 saturated carbocycles. The van der Waals surface area contributed by atoms with Crippen LogP contribution < -0.4 is 0 Å². The number of hydrogen-bond donors (Lipinski definition) is 1. The number of ether oxygens (including phenoxy) is 4. The van der Waals surface area contributed by atoms with Gasteiger partial charge >= 0.3 is 11.9 Å². The number of rotatable bonds is 2. The molecule has 9 atom stereocenters. The maximum Gasteiger partial charge on any atom is 0.302 e. The van der Waals surface area contributed by atoms with Gasteiger partial charge in [0.25, 0.3) is 0 Å². The Morgan fingerprint density at radius 3 is 2.29 bits per heavy atom. The molecular formula is C27H38O8. The maximum atomic E-state index is 14.2. The average molecular weight is 491 g/mol. The minimum absolute atomic E-state index is 0.00538. The smallest absolute Gasteiger partial charge is 0.302 e. The predicted octanol–water partition coefficient (Wildman–Crippen LogP) is 3.09. The molecule has 0 amide bonds. The third-order valence-corrected chi connectivity index (χ3v) is 10.0. The first-order chi connectivity index (χ1) is 16.0. The zero-order valence-corrected chi connectivity index (χ0v) is 21.8. The molecule has 0 aromatic rings. The monoisotopic (exact) mass is 490 g/mol. The highest BCUT2D eigenvalue weighted by Gasteiger charge is 2.84. The Morgan fingerprint density at radius 2 is 1.69 bits per heavy atom. The highest BCUT2D eigenvalue weighted by Crippen LogP contribution is 2.74. The maximum absolute atomic E-state index is 14.2. The van der Waals surface area contributed by atoms with Gasteiger partial charge in [-0.1, -0.05) is 27.4 Å². The molecule has 0 aromatic carbocycles. The van der Waals surface area contributed by atoms with Crippen molar-refractivity contribution in [1.82, 2.24) is 0 Å². The minimum atomic E-state index is -1.68. The summed E-state index contributed by atoms with van der Waals surface area (Å²) in [6, 6.07) is 0. The summed E-state index contributed by atoms with van der Waals surface area (Å²) in [5, 5.41) is 11.9. The van der Waals surface area contributed by atoms with E-state index < -0.39 is 58.5 Å². The molecule has 4 aliphatic carbocycles. The molecule has 5 aliphatic rings. The highest BCUT2D eigenvalue weighted by atomic mass is 16.7. The fourth-order valence-corrected chi connectivity index (χ4v) is 8.99. The van der Waals surface area contributed by atoms with E-state index in [1.54, 1.807) is 13.8 Å². The molecular weight excluding hydrogens is 452 g/mol. The van der Waals surface area contributed by atoms with Crippen molar-refractivity contribution in [3.05, 3.63) is 12.2 Å². The molecule has 1 saturated heterocycles. The molecule has 1 spiro atoms. The van der Waals surface area contributed by atoms with Crippen LogP contribution in [0.3, 0.4) is 0 Å². The second-order valence-electron chi connectivity index (χ2n) is 12.8. The van der Waals surface area contributed by atoms with E-state index in [4.69, 9.17) is 18.9 Å². The summed E-state index contributed by atoms with van der Waals surface area (Å²) < 4.78 is 24.8. The number of hydrogen-bond acceptors (Lipinski definition) is 8. The lowest BCUT2D eigenvalue weighted by Crippen LogP contribution is -2.78. The molecule has 1 N–H and O–H groups in total. The molecule has 5 fully saturated rings. The number of fused-ring (bicyclic) bond motifs is 2. The molecule has 0 radical (unpaired) electrons. The van der Waals surface area contributed by atoms with Gasteiger partial charge in [0.2, 0.25) is 0 Å². The largest absolute Gasteiger partial charge is 0.462 e. The third-order valence-electron chi connectivity index (χ3n) is 10.0. The molecule has 5 rings (SSSR count). The Hall–Kier alpha value is -1.77. The molecule has 8 heteroatoms. The number of Topliss-reactive ketones (excluding diaryl/α,β-unsaturated/α-hetero) is 1. The van der Waals surface area contributed by atoms with Gasteiger partial charge in [-0.2, -0.15) is 0 Å². The normalized spacial score (nSPS) is 49.0. The third kappa shape index (κ3) is 2.99. The zero-order valence-electron chi connectivity index (χ0n) is 21.8. The first-order valence-corrected chi connectivity index (χ1v) is 12.7. The van der Waals surface area contributed by atoms with Crippen molar-refractivity contribution in [2.45, 2.75) is 110 Å². The average Bonchev–Trinajstić information content (AvgIpc) is 2.81. The van der Waals surface area contributed by atoms with E-state index in [0.717, 1.165) is 6.42 Å². The van der Waals surface area contributed by atoms with Crippen LogP contribution in [0.4, 0.5) is 0 Å². The fraction of sp³-hybridized carbons (Fsp3) is 0.815. The molecule has 0 unspecified atom stereocenters. The van der Waals surface area contributed by atoms with Crippen LogP contribution in [0.1, 0.15) is 74.1 Å². The predicted molar refractivity (Wildman–Crippen MR) is 124 cm³/mol. The van der Waals surface area contributed by atoms with Gasteiger partial charge in [-0.3, -0.25) is 14.4 Å². The molecule has 1 aliphatic heterocycles. The number of ketones is 1. The van der Waals surface area contributed by atoms with Gasteiger partial charge in [0.1, 0.15) is 23.9 Å². The van der Waals surface area contributed by atoms with E-state index in [1.807, 2.05) is 0 Å². The summed E-state index contributed by atoms with van der Waals surface area (Å²) in [6.07, 6.45) is -0.777. The van der Waals surface area contributed by atoms with Gasteiger partial charge in [-0.05, 0) is 44.4 Å². The van der Waals surface area contributed by atoms with Crippen molar-refractivity contribution < 1.29 is 38.4 Å². The Morgan fingerprint density at radius 1 is 1.06 bits per heavy atom. The van der Waals surface area contributed by atoms with E-state index in [2.05, 4.69) is 27.4 Å². The lowest BCUT2D eigenvalue weighted by molar-refractivity contribution is -0.406. The van der Waals surface area contributed by atoms with Crippen LogP contribution in [0.5, 0.6) is 0 Å². The number of carbonyl (C=O) groups excluding carboxylic acids is 3. The van der Waals surface area contributed by atoms with Crippen LogP contribution in [0, 0.1) is 28.1 Å². The van der Waals surface area contributed by atoms with Crippen molar-refractivity contribution >= 4 is 17.7 Å². The van der Waals surface area contributed by atoms with Gasteiger partial charge in [0.15, 0.2) is 11.6 Å². The van der Waals surface area contributed by atoms with Crippen LogP contribution in [0.15, 0.2) is 12.2 Å². The molecule has 1 heterocycles. The van der Waals surface area contributed by atoms with Crippen LogP contribution >= 0.6 is 0 Å². The second kappa shape index (κ2) is 7.17. The zero-order chi connectivity index (χ0) is 25.9. The SMILES string of the molecule is C=C1C(=O)[C@@]23[C@H]4C[C@@H]5C(C)(C)CC[C@@H](OC(C)=O)[C@@]5(C)[C@@H]2[C@H](OC(C)=O)C[C@]1(O)[C@H]3OC(C)(C)O4. The number of carbonyl (C=O) groups is 3. The number of aliphatic hydroxyl groups is 1. The quantitative estimate of drug-likeness (QED) is 0.465. The van der Waals surface area contributed by atoms with E-state index in [1.165, 1.54) is 13.8 Å². The van der Waals surface area contributed by atoms with Gasteiger partial charge in [-0.15, -0.1) is 0 Å². The van der Waals surface area contributed by atoms with E-state index in [0.29, 0.717) is 12.8 Å². The molecule has 0 aromatic heterocycles. The first kappa shape index (κ1) is 24.9. The molecule has 2 bridgehead atoms. The van der Waals surface area contributed by atoms with E-state index in [-0.39, 0.29) is 35.1 Å². The second-order valence-corrected chi connectivity index (χ2v) is 12.8. The van der Waals surface area contributed by atoms with Crippen LogP contribution in [-0.4, -0.2) is 58.6 Å². The summed E-state index contributed by atoms with van der Waals surface area (Å²) in [7, 11) is 0. The van der Waals surface area contributed by atoms with Crippen molar-refractivity contribution in [3.8, 4) is 0 Å². The number of esters is 2. The summed E-state index contributed by atoms with van der Waals surface area (Å²) >= 11 is 0. The lowest BCUT2D eigenvalue weighted by Gasteiger charge is -2.70. The van der Waals surface area contributed by atoms with Gasteiger partial charge in [0.05, 0.1) is 11.5 Å². The first-order valence-electron chi connectivity index (χ1n) is 12.7. The summed E-state index contributed by atoms with van der Waals surface area (Å²) in [4.78, 5) is 38.8. The van der Waals surface area contributed by atoms with Gasteiger partial charge < -0.3 is 24.1 Å². The summed E-state index contributed by atoms with van der Waals surface area (Å²) in [5.74, 6) is -2.81. The highest BCUT2D eigenvalue weighted by molar-refractivity contribution is 6.06. The van der Waals surface area contributed by atoms with Crippen LogP contribution in [-0.2, 0) is 33.3 Å². The lowest BCUT2D eigenvalue weighted by atomic mass is 9.38. The van der Waals surface area contributed by atoms with Crippen molar-refractivity contribution in [2.24, 2.45) is 28.1 Å². The molecule has 8 nitrogen and oxygen atoms in total. The summed E-state index contributed by atoms with van der Waals surface area (Å²) in [5.41, 5.74) is -3.80. The van der Waals surface area contributed by atoms with Crippen LogP contribution in [0.25, 0.3) is 0 Å². The Balaban J connectivity index is 1.80. The standard InChI is InChI=1S/C27H38O8/c1-13-21(30)27-19-11-17-23(4,5)10-9-18(33-15(3)29)25(17,8)20(27)16(32-14(2)28)12-26(13,31)22(27)35-24(6,7)34-19/h16-20,22,31H,1,9-12H2,2-8H3/t16-,17-,18-,19-,20+,22-,25+,26-,27-/m1/s1. The summed E-state index contributed by atoms with van der Waals surface area (Å²) in [6.45, 7) is 16.8. The van der Waals surface area contributed by atoms with Gasteiger partial charge in [-0.25, -0.2) is 0 Å². The van der Waals surface area contributed by atoms with E-state index in [9.17, 15) is 19.5 Å². The minimum Gasteiger partial charge on any atom is -0.462 e. The topological polar surface area (TPSA) is 108 Å². The van der Waals surface area contributed by atoms with Crippen molar-refractivity contribution in [2.75, 3.05) is 0 Å². The Labute approximate surface area is 206 Å². The van der Waals surface area contributed by atoms with E-state index >= 15 is 0 Å². The fourth-order valence-electron chi connectivity index (χ4n) is 8.99.